The van der Waals surface area contributed by atoms with Crippen molar-refractivity contribution in [3.63, 3.8) is 0 Å². The molecule has 2 amide bonds. The van der Waals surface area contributed by atoms with Crippen molar-refractivity contribution in [2.75, 3.05) is 32.6 Å². The molecule has 3 aromatic rings. The van der Waals surface area contributed by atoms with Crippen molar-refractivity contribution in [3.05, 3.63) is 29.6 Å². The van der Waals surface area contributed by atoms with Crippen LogP contribution in [0.25, 0.3) is 16.7 Å². The summed E-state index contributed by atoms with van der Waals surface area (Å²) in [5, 5.41) is 15.7. The number of hydrogen-bond donors (Lipinski definition) is 2. The quantitative estimate of drug-likeness (QED) is 0.391. The Balaban J connectivity index is 1.69. The fraction of sp³-hybridized carbons (Fsp3) is 0.500. The smallest absolute Gasteiger partial charge is 0.407 e. The zero-order valence-electron chi connectivity index (χ0n) is 19.9. The average Bonchev–Trinajstić information content (AvgIpc) is 3.15. The molecule has 0 aliphatic carbocycles. The van der Waals surface area contributed by atoms with Gasteiger partial charge < -0.3 is 15.4 Å². The van der Waals surface area contributed by atoms with Crippen molar-refractivity contribution in [3.8, 4) is 0 Å². The standard InChI is InChI=1S/C22H31N7O4/c1-14-26-27-19-18(23-11-7-8-12-24-21(31)33-22(2,3)4)25-16-10-9-15(13-17(16)29(14)19)20(30)28(5)32-6/h9-10,13H,7-8,11-12H2,1-6H3,(H,23,25)(H,24,31). The molecule has 0 radical (unpaired) electrons. The van der Waals surface area contributed by atoms with E-state index in [1.165, 1.54) is 12.2 Å². The fourth-order valence-corrected chi connectivity index (χ4v) is 3.25. The van der Waals surface area contributed by atoms with Crippen LogP contribution < -0.4 is 10.6 Å². The SMILES string of the molecule is CON(C)C(=O)c1ccc2nc(NCCCCNC(=O)OC(C)(C)C)c3nnc(C)n3c2c1. The van der Waals surface area contributed by atoms with Crippen molar-refractivity contribution in [2.45, 2.75) is 46.1 Å². The van der Waals surface area contributed by atoms with Gasteiger partial charge in [-0.05, 0) is 58.7 Å². The minimum atomic E-state index is -0.511. The monoisotopic (exact) mass is 457 g/mol. The maximum Gasteiger partial charge on any atom is 0.407 e. The third-order valence-corrected chi connectivity index (χ3v) is 4.86. The van der Waals surface area contributed by atoms with Gasteiger partial charge in [0.05, 0.1) is 18.1 Å². The summed E-state index contributed by atoms with van der Waals surface area (Å²) < 4.78 is 7.10. The highest BCUT2D eigenvalue weighted by molar-refractivity contribution is 5.97. The van der Waals surface area contributed by atoms with E-state index in [1.54, 1.807) is 25.2 Å². The van der Waals surface area contributed by atoms with E-state index < -0.39 is 11.7 Å². The minimum absolute atomic E-state index is 0.263. The number of carbonyl (C=O) groups excluding carboxylic acids is 2. The molecule has 0 aliphatic rings. The molecule has 178 valence electrons. The summed E-state index contributed by atoms with van der Waals surface area (Å²) in [5.41, 5.74) is 1.98. The first-order valence-electron chi connectivity index (χ1n) is 10.8. The van der Waals surface area contributed by atoms with E-state index in [0.29, 0.717) is 41.5 Å². The molecule has 2 heterocycles. The Morgan fingerprint density at radius 2 is 1.88 bits per heavy atom. The molecule has 11 heteroatoms. The Morgan fingerprint density at radius 1 is 1.15 bits per heavy atom. The molecule has 0 spiro atoms. The molecule has 3 rings (SSSR count). The van der Waals surface area contributed by atoms with Gasteiger partial charge in [-0.3, -0.25) is 14.0 Å². The number of rotatable bonds is 8. The summed E-state index contributed by atoms with van der Waals surface area (Å²) in [6.07, 6.45) is 1.17. The number of aromatic nitrogens is 4. The third-order valence-electron chi connectivity index (χ3n) is 4.86. The van der Waals surface area contributed by atoms with Crippen LogP contribution in [0.3, 0.4) is 0 Å². The Kier molecular flexibility index (Phi) is 7.32. The highest BCUT2D eigenvalue weighted by Gasteiger charge is 2.17. The fourth-order valence-electron chi connectivity index (χ4n) is 3.25. The van der Waals surface area contributed by atoms with Crippen LogP contribution in [-0.2, 0) is 9.57 Å². The predicted octanol–water partition coefficient (Wildman–Crippen LogP) is 2.94. The number of carbonyl (C=O) groups is 2. The van der Waals surface area contributed by atoms with Gasteiger partial charge in [0.2, 0.25) is 5.65 Å². The Labute approximate surface area is 192 Å². The zero-order valence-corrected chi connectivity index (χ0v) is 19.9. The molecular formula is C22H31N7O4. The number of hydrogen-bond acceptors (Lipinski definition) is 8. The molecule has 2 aromatic heterocycles. The van der Waals surface area contributed by atoms with Crippen molar-refractivity contribution in [1.82, 2.24) is 30.0 Å². The van der Waals surface area contributed by atoms with Crippen LogP contribution in [0, 0.1) is 6.92 Å². The largest absolute Gasteiger partial charge is 0.444 e. The number of unbranched alkanes of at least 4 members (excludes halogenated alkanes) is 1. The van der Waals surface area contributed by atoms with Crippen LogP contribution in [0.1, 0.15) is 49.8 Å². The first-order valence-corrected chi connectivity index (χ1v) is 10.8. The molecule has 0 bridgehead atoms. The van der Waals surface area contributed by atoms with Gasteiger partial charge in [-0.25, -0.2) is 14.8 Å². The van der Waals surface area contributed by atoms with E-state index in [0.717, 1.165) is 18.4 Å². The number of hydroxylamine groups is 2. The number of nitrogens with one attached hydrogen (secondary N) is 2. The second-order valence-corrected chi connectivity index (χ2v) is 8.62. The van der Waals surface area contributed by atoms with Crippen LogP contribution in [0.2, 0.25) is 0 Å². The van der Waals surface area contributed by atoms with E-state index in [9.17, 15) is 9.59 Å². The van der Waals surface area contributed by atoms with Crippen molar-refractivity contribution in [2.24, 2.45) is 0 Å². The van der Waals surface area contributed by atoms with Crippen molar-refractivity contribution >= 4 is 34.5 Å². The number of fused-ring (bicyclic) bond motifs is 3. The topological polar surface area (TPSA) is 123 Å². The molecule has 33 heavy (non-hydrogen) atoms. The van der Waals surface area contributed by atoms with Crippen molar-refractivity contribution in [1.29, 1.82) is 0 Å². The number of ether oxygens (including phenoxy) is 1. The molecule has 0 saturated heterocycles. The lowest BCUT2D eigenvalue weighted by atomic mass is 10.1. The lowest BCUT2D eigenvalue weighted by Gasteiger charge is -2.19. The van der Waals surface area contributed by atoms with Crippen LogP contribution in [0.15, 0.2) is 18.2 Å². The van der Waals surface area contributed by atoms with E-state index in [-0.39, 0.29) is 5.91 Å². The van der Waals surface area contributed by atoms with Crippen molar-refractivity contribution < 1.29 is 19.2 Å². The highest BCUT2D eigenvalue weighted by Crippen LogP contribution is 2.23. The van der Waals surface area contributed by atoms with Crippen LogP contribution in [-0.4, -0.2) is 69.5 Å². The van der Waals surface area contributed by atoms with E-state index in [4.69, 9.17) is 9.57 Å². The summed E-state index contributed by atoms with van der Waals surface area (Å²) in [6, 6.07) is 5.27. The Hall–Kier alpha value is -3.47. The molecule has 0 aliphatic heterocycles. The summed E-state index contributed by atoms with van der Waals surface area (Å²) in [5.74, 6) is 1.03. The number of aryl methyl sites for hydroxylation is 1. The number of benzene rings is 1. The molecule has 2 N–H and O–H groups in total. The number of amides is 2. The predicted molar refractivity (Wildman–Crippen MR) is 124 cm³/mol. The second kappa shape index (κ2) is 9.99. The van der Waals surface area contributed by atoms with Gasteiger partial charge in [0, 0.05) is 25.7 Å². The van der Waals surface area contributed by atoms with Crippen LogP contribution >= 0.6 is 0 Å². The lowest BCUT2D eigenvalue weighted by molar-refractivity contribution is -0.0756. The normalized spacial score (nSPS) is 11.6. The summed E-state index contributed by atoms with van der Waals surface area (Å²) in [7, 11) is 2.99. The summed E-state index contributed by atoms with van der Waals surface area (Å²) in [4.78, 5) is 33.9. The summed E-state index contributed by atoms with van der Waals surface area (Å²) >= 11 is 0. The minimum Gasteiger partial charge on any atom is -0.444 e. The Bertz CT molecular complexity index is 1150. The zero-order chi connectivity index (χ0) is 24.2. The van der Waals surface area contributed by atoms with Gasteiger partial charge in [-0.15, -0.1) is 10.2 Å². The van der Waals surface area contributed by atoms with E-state index >= 15 is 0 Å². The summed E-state index contributed by atoms with van der Waals surface area (Å²) in [6.45, 7) is 8.50. The molecule has 1 aromatic carbocycles. The molecule has 0 fully saturated rings. The third kappa shape index (κ3) is 5.86. The number of anilines is 1. The van der Waals surface area contributed by atoms with E-state index in [1.807, 2.05) is 32.1 Å². The lowest BCUT2D eigenvalue weighted by Crippen LogP contribution is -2.33. The van der Waals surface area contributed by atoms with Gasteiger partial charge in [0.1, 0.15) is 11.4 Å². The molecule has 11 nitrogen and oxygen atoms in total. The van der Waals surface area contributed by atoms with Gasteiger partial charge >= 0.3 is 6.09 Å². The maximum absolute atomic E-state index is 12.5. The van der Waals surface area contributed by atoms with E-state index in [2.05, 4.69) is 25.8 Å². The molecule has 0 unspecified atom stereocenters. The molecular weight excluding hydrogens is 426 g/mol. The molecule has 0 saturated carbocycles. The van der Waals surface area contributed by atoms with Crippen LogP contribution in [0.4, 0.5) is 10.6 Å². The van der Waals surface area contributed by atoms with Gasteiger partial charge in [0.15, 0.2) is 5.82 Å². The number of nitrogens with zero attached hydrogens (tertiary/aromatic N) is 5. The first kappa shape index (κ1) is 24.2. The van der Waals surface area contributed by atoms with Gasteiger partial charge in [-0.1, -0.05) is 0 Å². The van der Waals surface area contributed by atoms with Gasteiger partial charge in [-0.2, -0.15) is 0 Å². The second-order valence-electron chi connectivity index (χ2n) is 8.62. The number of alkyl carbamates (subject to hydrolysis) is 1. The first-order chi connectivity index (χ1) is 15.6. The average molecular weight is 458 g/mol. The highest BCUT2D eigenvalue weighted by atomic mass is 16.7. The van der Waals surface area contributed by atoms with Crippen LogP contribution in [0.5, 0.6) is 0 Å². The molecule has 0 atom stereocenters. The van der Waals surface area contributed by atoms with Gasteiger partial charge in [0.25, 0.3) is 5.91 Å². The Morgan fingerprint density at radius 3 is 2.58 bits per heavy atom. The maximum atomic E-state index is 12.5.